The van der Waals surface area contributed by atoms with Gasteiger partial charge < -0.3 is 10.2 Å². The predicted molar refractivity (Wildman–Crippen MR) is 88.4 cm³/mol. The summed E-state index contributed by atoms with van der Waals surface area (Å²) in [5, 5.41) is 3.08. The molecule has 2 rings (SSSR count). The van der Waals surface area contributed by atoms with Crippen molar-refractivity contribution >= 4 is 11.8 Å². The van der Waals surface area contributed by atoms with Gasteiger partial charge in [0.25, 0.3) is 0 Å². The van der Waals surface area contributed by atoms with Gasteiger partial charge in [-0.2, -0.15) is 0 Å². The number of nitrogens with zero attached hydrogens (tertiary/aromatic N) is 1. The topological polar surface area (TPSA) is 49.4 Å². The molecule has 1 heterocycles. The SMILES string of the molecule is CC(C)C[C@H](NC(=O)C1CCCCC1)C(=O)N1CCCCC1. The van der Waals surface area contributed by atoms with Crippen LogP contribution in [0.15, 0.2) is 0 Å². The first-order valence-corrected chi connectivity index (χ1v) is 9.17. The van der Waals surface area contributed by atoms with E-state index in [1.54, 1.807) is 0 Å². The van der Waals surface area contributed by atoms with E-state index in [-0.39, 0.29) is 23.8 Å². The van der Waals surface area contributed by atoms with Crippen LogP contribution in [0.2, 0.25) is 0 Å². The van der Waals surface area contributed by atoms with Gasteiger partial charge in [0.2, 0.25) is 11.8 Å². The third-order valence-corrected chi connectivity index (χ3v) is 4.97. The van der Waals surface area contributed by atoms with Gasteiger partial charge in [-0.25, -0.2) is 0 Å². The van der Waals surface area contributed by atoms with Gasteiger partial charge in [-0.3, -0.25) is 9.59 Å². The maximum Gasteiger partial charge on any atom is 0.245 e. The molecule has 2 fully saturated rings. The highest BCUT2D eigenvalue weighted by Crippen LogP contribution is 2.24. The molecule has 4 heteroatoms. The third kappa shape index (κ3) is 4.99. The van der Waals surface area contributed by atoms with E-state index in [2.05, 4.69) is 19.2 Å². The van der Waals surface area contributed by atoms with Crippen molar-refractivity contribution in [2.45, 2.75) is 77.7 Å². The van der Waals surface area contributed by atoms with Crippen molar-refractivity contribution in [2.75, 3.05) is 13.1 Å². The van der Waals surface area contributed by atoms with Crippen LogP contribution in [0.3, 0.4) is 0 Å². The molecular weight excluding hydrogens is 276 g/mol. The molecule has 0 spiro atoms. The van der Waals surface area contributed by atoms with Crippen molar-refractivity contribution in [3.05, 3.63) is 0 Å². The number of likely N-dealkylation sites (tertiary alicyclic amines) is 1. The maximum absolute atomic E-state index is 12.8. The van der Waals surface area contributed by atoms with Crippen LogP contribution in [0.25, 0.3) is 0 Å². The molecule has 0 aromatic heterocycles. The Morgan fingerprint density at radius 3 is 2.18 bits per heavy atom. The van der Waals surface area contributed by atoms with Crippen LogP contribution >= 0.6 is 0 Å². The second-order valence-electron chi connectivity index (χ2n) is 7.41. The third-order valence-electron chi connectivity index (χ3n) is 4.97. The zero-order valence-corrected chi connectivity index (χ0v) is 14.3. The van der Waals surface area contributed by atoms with Gasteiger partial charge in [0, 0.05) is 19.0 Å². The minimum atomic E-state index is -0.326. The Morgan fingerprint density at radius 1 is 1.00 bits per heavy atom. The molecule has 0 radical (unpaired) electrons. The minimum Gasteiger partial charge on any atom is -0.344 e. The Kier molecular flexibility index (Phi) is 6.71. The van der Waals surface area contributed by atoms with Gasteiger partial charge in [-0.1, -0.05) is 33.1 Å². The van der Waals surface area contributed by atoms with E-state index >= 15 is 0 Å². The van der Waals surface area contributed by atoms with Gasteiger partial charge in [0.1, 0.15) is 6.04 Å². The van der Waals surface area contributed by atoms with Crippen molar-refractivity contribution in [1.82, 2.24) is 10.2 Å². The quantitative estimate of drug-likeness (QED) is 0.848. The second-order valence-corrected chi connectivity index (χ2v) is 7.41. The summed E-state index contributed by atoms with van der Waals surface area (Å²) in [4.78, 5) is 27.2. The zero-order valence-electron chi connectivity index (χ0n) is 14.3. The average molecular weight is 308 g/mol. The van der Waals surface area contributed by atoms with E-state index in [0.717, 1.165) is 58.0 Å². The smallest absolute Gasteiger partial charge is 0.245 e. The molecule has 22 heavy (non-hydrogen) atoms. The lowest BCUT2D eigenvalue weighted by molar-refractivity contribution is -0.138. The normalized spacial score (nSPS) is 21.7. The number of carbonyl (C=O) groups is 2. The average Bonchev–Trinajstić information content (AvgIpc) is 2.54. The molecule has 0 aromatic rings. The van der Waals surface area contributed by atoms with Gasteiger partial charge in [-0.05, 0) is 44.4 Å². The molecule has 1 aliphatic carbocycles. The summed E-state index contributed by atoms with van der Waals surface area (Å²) in [5.74, 6) is 0.774. The Balaban J connectivity index is 1.95. The van der Waals surface area contributed by atoms with Gasteiger partial charge in [0.05, 0.1) is 0 Å². The highest BCUT2D eigenvalue weighted by atomic mass is 16.2. The second kappa shape index (κ2) is 8.54. The molecule has 2 aliphatic rings. The van der Waals surface area contributed by atoms with E-state index < -0.39 is 0 Å². The summed E-state index contributed by atoms with van der Waals surface area (Å²) in [7, 11) is 0. The Labute approximate surface area is 135 Å². The molecule has 1 saturated carbocycles. The van der Waals surface area contributed by atoms with Crippen LogP contribution in [0.5, 0.6) is 0 Å². The van der Waals surface area contributed by atoms with Crippen LogP contribution in [-0.4, -0.2) is 35.8 Å². The molecule has 1 N–H and O–H groups in total. The summed E-state index contributed by atoms with van der Waals surface area (Å²) in [6.07, 6.45) is 9.65. The van der Waals surface area contributed by atoms with Gasteiger partial charge >= 0.3 is 0 Å². The fraction of sp³-hybridized carbons (Fsp3) is 0.889. The predicted octanol–water partition coefficient (Wildman–Crippen LogP) is 3.11. The molecule has 1 saturated heterocycles. The largest absolute Gasteiger partial charge is 0.344 e. The lowest BCUT2D eigenvalue weighted by Crippen LogP contribution is -2.51. The van der Waals surface area contributed by atoms with Crippen molar-refractivity contribution < 1.29 is 9.59 Å². The molecule has 126 valence electrons. The summed E-state index contributed by atoms with van der Waals surface area (Å²) >= 11 is 0. The van der Waals surface area contributed by atoms with Crippen molar-refractivity contribution in [3.63, 3.8) is 0 Å². The number of hydrogen-bond donors (Lipinski definition) is 1. The first kappa shape index (κ1) is 17.3. The molecule has 1 atom stereocenters. The number of rotatable bonds is 5. The Hall–Kier alpha value is -1.06. The molecule has 2 amide bonds. The van der Waals surface area contributed by atoms with Crippen LogP contribution in [0, 0.1) is 11.8 Å². The van der Waals surface area contributed by atoms with Crippen LogP contribution in [0.4, 0.5) is 0 Å². The Bertz CT molecular complexity index is 369. The van der Waals surface area contributed by atoms with E-state index in [0.29, 0.717) is 5.92 Å². The molecule has 4 nitrogen and oxygen atoms in total. The van der Waals surface area contributed by atoms with Gasteiger partial charge in [0.15, 0.2) is 0 Å². The summed E-state index contributed by atoms with van der Waals surface area (Å²) in [6, 6.07) is -0.326. The van der Waals surface area contributed by atoms with Crippen LogP contribution < -0.4 is 5.32 Å². The van der Waals surface area contributed by atoms with Crippen molar-refractivity contribution in [1.29, 1.82) is 0 Å². The van der Waals surface area contributed by atoms with Crippen molar-refractivity contribution in [3.8, 4) is 0 Å². The van der Waals surface area contributed by atoms with E-state index in [1.165, 1.54) is 12.8 Å². The number of amides is 2. The summed E-state index contributed by atoms with van der Waals surface area (Å²) < 4.78 is 0. The monoisotopic (exact) mass is 308 g/mol. The van der Waals surface area contributed by atoms with E-state index in [1.807, 2.05) is 4.90 Å². The minimum absolute atomic E-state index is 0.107. The fourth-order valence-corrected chi connectivity index (χ4v) is 3.68. The fourth-order valence-electron chi connectivity index (χ4n) is 3.68. The van der Waals surface area contributed by atoms with Crippen LogP contribution in [0.1, 0.15) is 71.6 Å². The number of nitrogens with one attached hydrogen (secondary N) is 1. The number of hydrogen-bond acceptors (Lipinski definition) is 2. The summed E-state index contributed by atoms with van der Waals surface area (Å²) in [5.41, 5.74) is 0. The number of piperidine rings is 1. The lowest BCUT2D eigenvalue weighted by atomic mass is 9.88. The summed E-state index contributed by atoms with van der Waals surface area (Å²) in [6.45, 7) is 5.94. The molecule has 0 bridgehead atoms. The molecule has 1 aliphatic heterocycles. The Morgan fingerprint density at radius 2 is 1.59 bits per heavy atom. The zero-order chi connectivity index (χ0) is 15.9. The molecule has 0 aromatic carbocycles. The molecular formula is C18H32N2O2. The van der Waals surface area contributed by atoms with Crippen LogP contribution in [-0.2, 0) is 9.59 Å². The van der Waals surface area contributed by atoms with Crippen molar-refractivity contribution in [2.24, 2.45) is 11.8 Å². The first-order chi connectivity index (χ1) is 10.6. The first-order valence-electron chi connectivity index (χ1n) is 9.17. The highest BCUT2D eigenvalue weighted by molar-refractivity contribution is 5.88. The molecule has 0 unspecified atom stereocenters. The highest BCUT2D eigenvalue weighted by Gasteiger charge is 2.30. The van der Waals surface area contributed by atoms with E-state index in [4.69, 9.17) is 0 Å². The van der Waals surface area contributed by atoms with E-state index in [9.17, 15) is 9.59 Å². The maximum atomic E-state index is 12.8. The number of carbonyl (C=O) groups excluding carboxylic acids is 2. The lowest BCUT2D eigenvalue weighted by Gasteiger charge is -2.32. The standard InChI is InChI=1S/C18H32N2O2/c1-14(2)13-16(18(22)20-11-7-4-8-12-20)19-17(21)15-9-5-3-6-10-15/h14-16H,3-13H2,1-2H3,(H,19,21)/t16-/m0/s1. The van der Waals surface area contributed by atoms with Gasteiger partial charge in [-0.15, -0.1) is 0 Å².